The van der Waals surface area contributed by atoms with E-state index in [4.69, 9.17) is 10.4 Å². The predicted molar refractivity (Wildman–Crippen MR) is 44.4 cm³/mol. The molecule has 0 aliphatic rings. The minimum Gasteiger partial charge on any atom is -0.395 e. The molecule has 0 aliphatic heterocycles. The summed E-state index contributed by atoms with van der Waals surface area (Å²) in [5.74, 6) is 0. The monoisotopic (exact) mass is 210 g/mol. The Morgan fingerprint density at radius 1 is 1.50 bits per heavy atom. The largest absolute Gasteiger partial charge is 0.401 e. The molecule has 0 radical (unpaired) electrons. The van der Waals surface area contributed by atoms with Gasteiger partial charge in [-0.2, -0.15) is 18.4 Å². The average Bonchev–Trinajstić information content (AvgIpc) is 2.04. The number of hydrogen-bond donors (Lipinski definition) is 1. The number of aliphatic hydroxyl groups excluding tert-OH is 1. The lowest BCUT2D eigenvalue weighted by atomic mass is 10.2. The van der Waals surface area contributed by atoms with Gasteiger partial charge in [0.2, 0.25) is 0 Å². The van der Waals surface area contributed by atoms with E-state index in [-0.39, 0.29) is 13.2 Å². The van der Waals surface area contributed by atoms with Crippen LogP contribution < -0.4 is 0 Å². The summed E-state index contributed by atoms with van der Waals surface area (Å²) in [5.41, 5.74) is 0. The average molecular weight is 210 g/mol. The van der Waals surface area contributed by atoms with Gasteiger partial charge in [-0.1, -0.05) is 6.92 Å². The van der Waals surface area contributed by atoms with E-state index >= 15 is 0 Å². The molecule has 0 amide bonds. The van der Waals surface area contributed by atoms with E-state index in [1.165, 1.54) is 0 Å². The number of aliphatic hydroxyl groups is 1. The van der Waals surface area contributed by atoms with Crippen molar-refractivity contribution >= 4 is 0 Å². The molecular weight excluding hydrogens is 197 g/mol. The maximum absolute atomic E-state index is 12.0. The van der Waals surface area contributed by atoms with E-state index in [0.717, 1.165) is 4.90 Å². The standard InChI is InChI=1S/C8H13F3N2O/c1-2-7(5-12)13(3-4-14)6-8(9,10)11/h7,14H,2-4,6H2,1H3. The second-order valence-electron chi connectivity index (χ2n) is 2.86. The molecule has 0 fully saturated rings. The zero-order valence-corrected chi connectivity index (χ0v) is 7.88. The van der Waals surface area contributed by atoms with E-state index < -0.39 is 18.8 Å². The fourth-order valence-corrected chi connectivity index (χ4v) is 1.13. The molecule has 1 atom stereocenters. The summed E-state index contributed by atoms with van der Waals surface area (Å²) in [5, 5.41) is 17.1. The third-order valence-electron chi connectivity index (χ3n) is 1.75. The SMILES string of the molecule is CCC(C#N)N(CCO)CC(F)(F)F. The van der Waals surface area contributed by atoms with Crippen molar-refractivity contribution in [2.24, 2.45) is 0 Å². The van der Waals surface area contributed by atoms with Gasteiger partial charge in [0.05, 0.1) is 25.3 Å². The number of nitrogens with zero attached hydrogens (tertiary/aromatic N) is 2. The highest BCUT2D eigenvalue weighted by Crippen LogP contribution is 2.18. The molecule has 14 heavy (non-hydrogen) atoms. The van der Waals surface area contributed by atoms with Crippen LogP contribution in [-0.4, -0.2) is 41.9 Å². The Kier molecular flexibility index (Phi) is 5.50. The molecule has 0 saturated heterocycles. The van der Waals surface area contributed by atoms with Gasteiger partial charge in [0.25, 0.3) is 0 Å². The smallest absolute Gasteiger partial charge is 0.395 e. The Labute approximate surface area is 80.7 Å². The van der Waals surface area contributed by atoms with Gasteiger partial charge in [0.1, 0.15) is 0 Å². The Morgan fingerprint density at radius 3 is 2.36 bits per heavy atom. The fraction of sp³-hybridized carbons (Fsp3) is 0.875. The van der Waals surface area contributed by atoms with Gasteiger partial charge in [0, 0.05) is 6.54 Å². The van der Waals surface area contributed by atoms with Gasteiger partial charge < -0.3 is 5.11 Å². The zero-order valence-electron chi connectivity index (χ0n) is 7.88. The highest BCUT2D eigenvalue weighted by Gasteiger charge is 2.33. The number of rotatable bonds is 5. The third-order valence-corrected chi connectivity index (χ3v) is 1.75. The van der Waals surface area contributed by atoms with E-state index in [0.29, 0.717) is 6.42 Å². The molecule has 82 valence electrons. The van der Waals surface area contributed by atoms with Crippen LogP contribution in [0.25, 0.3) is 0 Å². The molecule has 3 nitrogen and oxygen atoms in total. The number of halogens is 3. The molecule has 0 aromatic rings. The maximum atomic E-state index is 12.0. The predicted octanol–water partition coefficient (Wildman–Crippen LogP) is 1.15. The van der Waals surface area contributed by atoms with Crippen molar-refractivity contribution in [3.63, 3.8) is 0 Å². The van der Waals surface area contributed by atoms with Gasteiger partial charge in [-0.3, -0.25) is 4.90 Å². The topological polar surface area (TPSA) is 47.3 Å². The van der Waals surface area contributed by atoms with Gasteiger partial charge in [0.15, 0.2) is 0 Å². The van der Waals surface area contributed by atoms with E-state index in [2.05, 4.69) is 0 Å². The van der Waals surface area contributed by atoms with Crippen LogP contribution in [0.2, 0.25) is 0 Å². The third kappa shape index (κ3) is 5.04. The van der Waals surface area contributed by atoms with E-state index in [9.17, 15) is 13.2 Å². The molecule has 6 heteroatoms. The van der Waals surface area contributed by atoms with E-state index in [1.54, 1.807) is 13.0 Å². The Balaban J connectivity index is 4.36. The van der Waals surface area contributed by atoms with Gasteiger partial charge in [-0.05, 0) is 6.42 Å². The first-order valence-electron chi connectivity index (χ1n) is 4.26. The van der Waals surface area contributed by atoms with Gasteiger partial charge in [-0.25, -0.2) is 0 Å². The summed E-state index contributed by atoms with van der Waals surface area (Å²) in [7, 11) is 0. The van der Waals surface area contributed by atoms with Crippen molar-refractivity contribution in [2.45, 2.75) is 25.6 Å². The first-order valence-corrected chi connectivity index (χ1v) is 4.26. The van der Waals surface area contributed by atoms with Crippen LogP contribution in [0.3, 0.4) is 0 Å². The lowest BCUT2D eigenvalue weighted by Gasteiger charge is -2.26. The van der Waals surface area contributed by atoms with Crippen molar-refractivity contribution in [3.8, 4) is 6.07 Å². The van der Waals surface area contributed by atoms with Crippen molar-refractivity contribution < 1.29 is 18.3 Å². The van der Waals surface area contributed by atoms with Crippen molar-refractivity contribution in [1.82, 2.24) is 4.90 Å². The normalized spacial score (nSPS) is 14.1. The minimum absolute atomic E-state index is 0.133. The maximum Gasteiger partial charge on any atom is 0.401 e. The van der Waals surface area contributed by atoms with Crippen LogP contribution in [0.15, 0.2) is 0 Å². The lowest BCUT2D eigenvalue weighted by Crippen LogP contribution is -2.42. The summed E-state index contributed by atoms with van der Waals surface area (Å²) in [6.07, 6.45) is -4.02. The summed E-state index contributed by atoms with van der Waals surface area (Å²) in [6.45, 7) is -0.0336. The molecular formula is C8H13F3N2O. The van der Waals surface area contributed by atoms with Gasteiger partial charge >= 0.3 is 6.18 Å². The van der Waals surface area contributed by atoms with Crippen LogP contribution in [-0.2, 0) is 0 Å². The first-order chi connectivity index (χ1) is 6.44. The molecule has 0 aromatic carbocycles. The summed E-state index contributed by atoms with van der Waals surface area (Å²) in [4.78, 5) is 0.931. The van der Waals surface area contributed by atoms with Crippen LogP contribution in [0.4, 0.5) is 13.2 Å². The summed E-state index contributed by atoms with van der Waals surface area (Å²) < 4.78 is 36.1. The van der Waals surface area contributed by atoms with Crippen molar-refractivity contribution in [2.75, 3.05) is 19.7 Å². The molecule has 0 bridgehead atoms. The number of alkyl halides is 3. The summed E-state index contributed by atoms with van der Waals surface area (Å²) >= 11 is 0. The first kappa shape index (κ1) is 13.2. The van der Waals surface area contributed by atoms with E-state index in [1.807, 2.05) is 0 Å². The quantitative estimate of drug-likeness (QED) is 0.740. The van der Waals surface area contributed by atoms with Crippen LogP contribution in [0.1, 0.15) is 13.3 Å². The Morgan fingerprint density at radius 2 is 2.07 bits per heavy atom. The summed E-state index contributed by atoms with van der Waals surface area (Å²) in [6, 6.07) is 0.986. The van der Waals surface area contributed by atoms with Crippen molar-refractivity contribution in [1.29, 1.82) is 5.26 Å². The highest BCUT2D eigenvalue weighted by molar-refractivity contribution is 4.91. The minimum atomic E-state index is -4.33. The van der Waals surface area contributed by atoms with Crippen LogP contribution >= 0.6 is 0 Å². The molecule has 0 spiro atoms. The molecule has 0 aromatic heterocycles. The van der Waals surface area contributed by atoms with Crippen molar-refractivity contribution in [3.05, 3.63) is 0 Å². The molecule has 0 saturated carbocycles. The molecule has 0 aliphatic carbocycles. The van der Waals surface area contributed by atoms with Gasteiger partial charge in [-0.15, -0.1) is 0 Å². The fourth-order valence-electron chi connectivity index (χ4n) is 1.13. The molecule has 0 heterocycles. The number of nitriles is 1. The van der Waals surface area contributed by atoms with Crippen LogP contribution in [0.5, 0.6) is 0 Å². The molecule has 0 rings (SSSR count). The lowest BCUT2D eigenvalue weighted by molar-refractivity contribution is -0.149. The highest BCUT2D eigenvalue weighted by atomic mass is 19.4. The molecule has 1 N–H and O–H groups in total. The second kappa shape index (κ2) is 5.83. The number of hydrogen-bond acceptors (Lipinski definition) is 3. The van der Waals surface area contributed by atoms with Crippen LogP contribution in [0, 0.1) is 11.3 Å². The second-order valence-corrected chi connectivity index (χ2v) is 2.86. The molecule has 1 unspecified atom stereocenters. The zero-order chi connectivity index (χ0) is 11.2. The Hall–Kier alpha value is -0.800. The Bertz CT molecular complexity index is 200.